The highest BCUT2D eigenvalue weighted by Gasteiger charge is 2.46. The van der Waals surface area contributed by atoms with Gasteiger partial charge in [0.2, 0.25) is 0 Å². The first kappa shape index (κ1) is 10.9. The molecule has 0 spiro atoms. The third-order valence-electron chi connectivity index (χ3n) is 4.09. The van der Waals surface area contributed by atoms with Crippen LogP contribution in [0.2, 0.25) is 0 Å². The molecule has 3 aliphatic heterocycles. The number of aliphatic hydroxyl groups excluding tert-OH is 1. The van der Waals surface area contributed by atoms with Crippen molar-refractivity contribution in [3.05, 3.63) is 0 Å². The molecule has 0 aromatic rings. The van der Waals surface area contributed by atoms with Gasteiger partial charge in [0.05, 0.1) is 6.17 Å². The Morgan fingerprint density at radius 3 is 2.81 bits per heavy atom. The molecule has 0 radical (unpaired) electrons. The minimum atomic E-state index is -0.486. The lowest BCUT2D eigenvalue weighted by Gasteiger charge is -2.41. The van der Waals surface area contributed by atoms with E-state index >= 15 is 0 Å². The maximum atomic E-state index is 9.33. The Balaban J connectivity index is 1.62. The first-order chi connectivity index (χ1) is 7.75. The number of rotatable bonds is 2. The fourth-order valence-electron chi connectivity index (χ4n) is 3.02. The molecule has 5 heteroatoms. The molecule has 2 N–H and O–H groups in total. The minimum absolute atomic E-state index is 0.110. The van der Waals surface area contributed by atoms with Gasteiger partial charge in [-0.05, 0) is 38.8 Å². The van der Waals surface area contributed by atoms with Gasteiger partial charge in [0.25, 0.3) is 0 Å². The van der Waals surface area contributed by atoms with Crippen molar-refractivity contribution in [2.24, 2.45) is 5.92 Å². The molecule has 3 aliphatic rings. The molecule has 3 fully saturated rings. The lowest BCUT2D eigenvalue weighted by molar-refractivity contribution is -0.00663. The maximum absolute atomic E-state index is 9.33. The zero-order valence-electron chi connectivity index (χ0n) is 9.80. The highest BCUT2D eigenvalue weighted by Crippen LogP contribution is 2.36. The van der Waals surface area contributed by atoms with E-state index in [9.17, 15) is 5.11 Å². The highest BCUT2D eigenvalue weighted by molar-refractivity contribution is 4.90. The van der Waals surface area contributed by atoms with Crippen molar-refractivity contribution in [3.63, 3.8) is 0 Å². The number of hydrogen-bond acceptors (Lipinski definition) is 5. The number of aliphatic hydroxyl groups is 1. The molecule has 16 heavy (non-hydrogen) atoms. The first-order valence-electron chi connectivity index (χ1n) is 6.29. The number of piperidine rings is 1. The van der Waals surface area contributed by atoms with Gasteiger partial charge in [-0.15, -0.1) is 0 Å². The van der Waals surface area contributed by atoms with Crippen LogP contribution in [-0.4, -0.2) is 60.3 Å². The minimum Gasteiger partial charge on any atom is -0.366 e. The summed E-state index contributed by atoms with van der Waals surface area (Å²) < 4.78 is 5.20. The van der Waals surface area contributed by atoms with E-state index in [0.717, 1.165) is 32.5 Å². The zero-order valence-corrected chi connectivity index (χ0v) is 9.80. The topological polar surface area (TPSA) is 51.3 Å². The Morgan fingerprint density at radius 2 is 2.19 bits per heavy atom. The molecule has 4 unspecified atom stereocenters. The first-order valence-corrected chi connectivity index (χ1v) is 6.29. The Kier molecular flexibility index (Phi) is 2.89. The summed E-state index contributed by atoms with van der Waals surface area (Å²) >= 11 is 0. The fourth-order valence-corrected chi connectivity index (χ4v) is 3.02. The summed E-state index contributed by atoms with van der Waals surface area (Å²) in [5.74, 6) is 0.526. The molecule has 3 saturated heterocycles. The van der Waals surface area contributed by atoms with Crippen molar-refractivity contribution >= 4 is 0 Å². The van der Waals surface area contributed by atoms with E-state index in [1.807, 2.05) is 0 Å². The second-order valence-corrected chi connectivity index (χ2v) is 5.19. The molecule has 3 heterocycles. The zero-order chi connectivity index (χ0) is 11.1. The summed E-state index contributed by atoms with van der Waals surface area (Å²) in [6, 6.07) is 0. The molecular formula is C11H21N3O2. The maximum Gasteiger partial charge on any atom is 0.182 e. The number of hydrogen-bond donors (Lipinski definition) is 2. The molecule has 5 nitrogen and oxygen atoms in total. The van der Waals surface area contributed by atoms with Gasteiger partial charge in [0.1, 0.15) is 6.10 Å². The standard InChI is InChI=1S/C11H21N3O2/c1-13-6-3-8(10-11(15)16-10)7-9(13)14-5-2-4-12-14/h8-12,15H,2-7H2,1H3. The van der Waals surface area contributed by atoms with E-state index in [2.05, 4.69) is 22.4 Å². The highest BCUT2D eigenvalue weighted by atomic mass is 16.7. The van der Waals surface area contributed by atoms with E-state index in [1.165, 1.54) is 6.42 Å². The summed E-state index contributed by atoms with van der Waals surface area (Å²) in [6.07, 6.45) is 3.57. The predicted molar refractivity (Wildman–Crippen MR) is 59.3 cm³/mol. The monoisotopic (exact) mass is 227 g/mol. The largest absolute Gasteiger partial charge is 0.366 e. The van der Waals surface area contributed by atoms with Crippen molar-refractivity contribution < 1.29 is 9.84 Å². The molecule has 0 aromatic heterocycles. The SMILES string of the molecule is CN1CCC(C2OC2O)CC1N1CCCN1. The predicted octanol–water partition coefficient (Wildman–Crippen LogP) is -0.418. The number of nitrogens with zero attached hydrogens (tertiary/aromatic N) is 2. The van der Waals surface area contributed by atoms with Crippen LogP contribution in [0.4, 0.5) is 0 Å². The quantitative estimate of drug-likeness (QED) is 0.628. The van der Waals surface area contributed by atoms with Crippen LogP contribution < -0.4 is 5.43 Å². The van der Waals surface area contributed by atoms with Crippen LogP contribution in [0.15, 0.2) is 0 Å². The normalized spacial score (nSPS) is 46.1. The van der Waals surface area contributed by atoms with Gasteiger partial charge in [-0.1, -0.05) is 0 Å². The second kappa shape index (κ2) is 4.23. The number of nitrogens with one attached hydrogen (secondary N) is 1. The molecule has 0 saturated carbocycles. The van der Waals surface area contributed by atoms with E-state index in [4.69, 9.17) is 4.74 Å². The number of hydrazine groups is 1. The molecule has 0 bridgehead atoms. The summed E-state index contributed by atoms with van der Waals surface area (Å²) in [6.45, 7) is 3.33. The van der Waals surface area contributed by atoms with Gasteiger partial charge in [-0.25, -0.2) is 5.01 Å². The Labute approximate surface area is 96.3 Å². The van der Waals surface area contributed by atoms with Crippen LogP contribution in [-0.2, 0) is 4.74 Å². The van der Waals surface area contributed by atoms with Gasteiger partial charge in [-0.3, -0.25) is 10.3 Å². The lowest BCUT2D eigenvalue weighted by atomic mass is 9.91. The van der Waals surface area contributed by atoms with Crippen molar-refractivity contribution in [1.82, 2.24) is 15.3 Å². The van der Waals surface area contributed by atoms with Crippen LogP contribution in [0.5, 0.6) is 0 Å². The molecule has 0 aliphatic carbocycles. The van der Waals surface area contributed by atoms with Crippen LogP contribution in [0.25, 0.3) is 0 Å². The van der Waals surface area contributed by atoms with Gasteiger partial charge in [-0.2, -0.15) is 0 Å². The average Bonchev–Trinajstić information content (AvgIpc) is 2.82. The van der Waals surface area contributed by atoms with Crippen LogP contribution in [0.3, 0.4) is 0 Å². The Hall–Kier alpha value is -0.200. The molecule has 3 rings (SSSR count). The molecule has 92 valence electrons. The average molecular weight is 227 g/mol. The third-order valence-corrected chi connectivity index (χ3v) is 4.09. The molecular weight excluding hydrogens is 206 g/mol. The van der Waals surface area contributed by atoms with Gasteiger partial charge >= 0.3 is 0 Å². The smallest absolute Gasteiger partial charge is 0.182 e. The third kappa shape index (κ3) is 1.98. The Bertz CT molecular complexity index is 258. The fraction of sp³-hybridized carbons (Fsp3) is 1.00. The molecule has 0 aromatic carbocycles. The van der Waals surface area contributed by atoms with Crippen LogP contribution in [0.1, 0.15) is 19.3 Å². The summed E-state index contributed by atoms with van der Waals surface area (Å²) in [5.41, 5.74) is 3.44. The lowest BCUT2D eigenvalue weighted by Crippen LogP contribution is -2.54. The van der Waals surface area contributed by atoms with E-state index in [1.54, 1.807) is 0 Å². The number of ether oxygens (including phenoxy) is 1. The van der Waals surface area contributed by atoms with Crippen LogP contribution >= 0.6 is 0 Å². The Morgan fingerprint density at radius 1 is 1.38 bits per heavy atom. The van der Waals surface area contributed by atoms with Crippen molar-refractivity contribution in [2.45, 2.75) is 37.8 Å². The molecule has 4 atom stereocenters. The second-order valence-electron chi connectivity index (χ2n) is 5.19. The van der Waals surface area contributed by atoms with Gasteiger partial charge in [0.15, 0.2) is 6.29 Å². The number of likely N-dealkylation sites (tertiary alicyclic amines) is 1. The van der Waals surface area contributed by atoms with E-state index in [0.29, 0.717) is 12.1 Å². The molecule has 0 amide bonds. The summed E-state index contributed by atoms with van der Waals surface area (Å²) in [7, 11) is 2.19. The van der Waals surface area contributed by atoms with E-state index in [-0.39, 0.29) is 6.10 Å². The van der Waals surface area contributed by atoms with Gasteiger partial charge < -0.3 is 9.84 Å². The van der Waals surface area contributed by atoms with Gasteiger partial charge in [0, 0.05) is 13.1 Å². The van der Waals surface area contributed by atoms with Crippen molar-refractivity contribution in [3.8, 4) is 0 Å². The van der Waals surface area contributed by atoms with Crippen LogP contribution in [0, 0.1) is 5.92 Å². The summed E-state index contributed by atoms with van der Waals surface area (Å²) in [5, 5.41) is 11.7. The van der Waals surface area contributed by atoms with Crippen molar-refractivity contribution in [1.29, 1.82) is 0 Å². The number of epoxide rings is 1. The van der Waals surface area contributed by atoms with Crippen molar-refractivity contribution in [2.75, 3.05) is 26.7 Å². The van der Waals surface area contributed by atoms with E-state index < -0.39 is 6.29 Å². The summed E-state index contributed by atoms with van der Waals surface area (Å²) in [4.78, 5) is 2.41.